The van der Waals surface area contributed by atoms with Crippen LogP contribution >= 0.6 is 0 Å². The van der Waals surface area contributed by atoms with Crippen molar-refractivity contribution in [2.75, 3.05) is 44.7 Å². The van der Waals surface area contributed by atoms with Crippen LogP contribution in [0.25, 0.3) is 0 Å². The lowest BCUT2D eigenvalue weighted by molar-refractivity contribution is -0.930. The minimum Gasteiger partial charge on any atom is -0.496 e. The van der Waals surface area contributed by atoms with Crippen LogP contribution in [0.5, 0.6) is 5.75 Å². The Morgan fingerprint density at radius 2 is 1.88 bits per heavy atom. The molecule has 1 aliphatic heterocycles. The second-order valence-electron chi connectivity index (χ2n) is 8.44. The summed E-state index contributed by atoms with van der Waals surface area (Å²) in [5, 5.41) is 0. The Kier molecular flexibility index (Phi) is 7.45. The fraction of sp³-hybridized carbons (Fsp3) is 0.320. The van der Waals surface area contributed by atoms with Crippen molar-refractivity contribution in [3.05, 3.63) is 83.9 Å². The average molecular weight is 486 g/mol. The average Bonchev–Trinajstić information content (AvgIpc) is 2.85. The highest BCUT2D eigenvalue weighted by Gasteiger charge is 2.30. The van der Waals surface area contributed by atoms with E-state index in [0.29, 0.717) is 5.75 Å². The predicted octanol–water partition coefficient (Wildman–Crippen LogP) is 1.96. The second kappa shape index (κ2) is 10.5. The first kappa shape index (κ1) is 24.1. The summed E-state index contributed by atoms with van der Waals surface area (Å²) in [6.07, 6.45) is 3.52. The molecule has 0 bridgehead atoms. The number of quaternary nitrogens is 1. The Morgan fingerprint density at radius 1 is 1.15 bits per heavy atom. The quantitative estimate of drug-likeness (QED) is 0.510. The van der Waals surface area contributed by atoms with E-state index in [4.69, 9.17) is 4.74 Å². The van der Waals surface area contributed by atoms with Gasteiger partial charge in [0.25, 0.3) is 0 Å². The number of aromatic nitrogens is 1. The van der Waals surface area contributed by atoms with Gasteiger partial charge in [-0.2, -0.15) is 0 Å². The summed E-state index contributed by atoms with van der Waals surface area (Å²) in [5.74, 6) is 0.402. The summed E-state index contributed by atoms with van der Waals surface area (Å²) in [6.45, 7) is 5.30. The number of nitrogens with zero attached hydrogens (tertiary/aromatic N) is 2. The van der Waals surface area contributed by atoms with Crippen molar-refractivity contribution in [2.45, 2.75) is 17.9 Å². The Bertz CT molecular complexity index is 1200. The maximum atomic E-state index is 13.3. The standard InChI is InChI=1S/C25H29FN4O3S/c1-19-16-23(9-10-25(19)33-2)34(31,32)28-18-24(20-4-3-11-27-17-20)30-14-12-29(13-15-30)22-7-5-21(26)6-8-22/h3-11,16-17,24,28H,12-15,18H2,1-2H3/p+1. The number of piperazine rings is 1. The summed E-state index contributed by atoms with van der Waals surface area (Å²) < 4.78 is 47.4. The lowest BCUT2D eigenvalue weighted by atomic mass is 10.1. The van der Waals surface area contributed by atoms with E-state index in [1.54, 1.807) is 49.8 Å². The van der Waals surface area contributed by atoms with Crippen molar-refractivity contribution in [1.82, 2.24) is 9.71 Å². The molecule has 0 spiro atoms. The van der Waals surface area contributed by atoms with Crippen LogP contribution in [0.4, 0.5) is 10.1 Å². The van der Waals surface area contributed by atoms with E-state index in [1.165, 1.54) is 17.0 Å². The number of anilines is 1. The lowest BCUT2D eigenvalue weighted by Gasteiger charge is -2.37. The molecule has 1 fully saturated rings. The van der Waals surface area contributed by atoms with Crippen LogP contribution in [0.2, 0.25) is 0 Å². The van der Waals surface area contributed by atoms with Gasteiger partial charge in [0.15, 0.2) is 0 Å². The fourth-order valence-electron chi connectivity index (χ4n) is 4.43. The minimum atomic E-state index is -3.69. The van der Waals surface area contributed by atoms with Crippen LogP contribution < -0.4 is 19.3 Å². The highest BCUT2D eigenvalue weighted by molar-refractivity contribution is 7.89. The zero-order chi connectivity index (χ0) is 24.1. The van der Waals surface area contributed by atoms with Gasteiger partial charge >= 0.3 is 0 Å². The van der Waals surface area contributed by atoms with Crippen LogP contribution in [0.3, 0.4) is 0 Å². The number of aryl methyl sites for hydroxylation is 1. The fourth-order valence-corrected chi connectivity index (χ4v) is 5.56. The number of nitrogens with one attached hydrogen (secondary N) is 2. The molecule has 0 aliphatic carbocycles. The maximum absolute atomic E-state index is 13.3. The number of halogens is 1. The molecule has 1 unspecified atom stereocenters. The van der Waals surface area contributed by atoms with Crippen molar-refractivity contribution in [3.63, 3.8) is 0 Å². The van der Waals surface area contributed by atoms with E-state index in [0.717, 1.165) is 43.0 Å². The number of methoxy groups -OCH3 is 1. The van der Waals surface area contributed by atoms with Gasteiger partial charge in [-0.15, -0.1) is 0 Å². The molecule has 1 saturated heterocycles. The number of hydrogen-bond donors (Lipinski definition) is 2. The first-order chi connectivity index (χ1) is 16.4. The topological polar surface area (TPSA) is 76.0 Å². The first-order valence-electron chi connectivity index (χ1n) is 11.3. The van der Waals surface area contributed by atoms with E-state index in [-0.39, 0.29) is 23.3 Å². The number of rotatable bonds is 8. The molecule has 1 aromatic heterocycles. The van der Waals surface area contributed by atoms with Gasteiger partial charge in [-0.3, -0.25) is 4.98 Å². The molecule has 1 atom stereocenters. The molecule has 2 aromatic carbocycles. The van der Waals surface area contributed by atoms with Crippen LogP contribution in [-0.2, 0) is 10.0 Å². The summed E-state index contributed by atoms with van der Waals surface area (Å²) in [6, 6.07) is 15.2. The van der Waals surface area contributed by atoms with Crippen molar-refractivity contribution in [3.8, 4) is 5.75 Å². The van der Waals surface area contributed by atoms with Crippen LogP contribution in [0.1, 0.15) is 17.2 Å². The Hall–Kier alpha value is -3.01. The second-order valence-corrected chi connectivity index (χ2v) is 10.2. The van der Waals surface area contributed by atoms with Gasteiger partial charge in [0.05, 0.1) is 44.7 Å². The smallest absolute Gasteiger partial charge is 0.240 e. The van der Waals surface area contributed by atoms with Crippen molar-refractivity contribution in [2.24, 2.45) is 0 Å². The van der Waals surface area contributed by atoms with Crippen molar-refractivity contribution >= 4 is 15.7 Å². The first-order valence-corrected chi connectivity index (χ1v) is 12.7. The molecule has 2 heterocycles. The number of ether oxygens (including phenoxy) is 1. The minimum absolute atomic E-state index is 0.0850. The highest BCUT2D eigenvalue weighted by atomic mass is 32.2. The Balaban J connectivity index is 1.48. The molecule has 0 saturated carbocycles. The third-order valence-corrected chi connectivity index (χ3v) is 7.75. The third-order valence-electron chi connectivity index (χ3n) is 6.33. The lowest BCUT2D eigenvalue weighted by Crippen LogP contribution is -3.15. The van der Waals surface area contributed by atoms with Crippen LogP contribution in [0.15, 0.2) is 71.9 Å². The molecular weight excluding hydrogens is 455 g/mol. The van der Waals surface area contributed by atoms with Gasteiger partial charge in [-0.25, -0.2) is 17.5 Å². The summed E-state index contributed by atoms with van der Waals surface area (Å²) in [4.78, 5) is 7.98. The van der Waals surface area contributed by atoms with E-state index < -0.39 is 10.0 Å². The van der Waals surface area contributed by atoms with Crippen molar-refractivity contribution in [1.29, 1.82) is 0 Å². The molecule has 180 valence electrons. The Morgan fingerprint density at radius 3 is 2.50 bits per heavy atom. The summed E-state index contributed by atoms with van der Waals surface area (Å²) in [7, 11) is -2.13. The molecule has 3 aromatic rings. The van der Waals surface area contributed by atoms with Gasteiger partial charge in [0.2, 0.25) is 10.0 Å². The number of sulfonamides is 1. The van der Waals surface area contributed by atoms with Gasteiger partial charge < -0.3 is 14.5 Å². The summed E-state index contributed by atoms with van der Waals surface area (Å²) >= 11 is 0. The normalized spacial score (nSPS) is 15.8. The SMILES string of the molecule is COc1ccc(S(=O)(=O)NCC(c2cccnc2)[NH+]2CCN(c3ccc(F)cc3)CC2)cc1C. The van der Waals surface area contributed by atoms with Crippen LogP contribution in [-0.4, -0.2) is 53.2 Å². The molecular formula is C25H30FN4O3S+. The van der Waals surface area contributed by atoms with Gasteiger partial charge in [-0.05, 0) is 67.1 Å². The van der Waals surface area contributed by atoms with Gasteiger partial charge in [-0.1, -0.05) is 0 Å². The van der Waals surface area contributed by atoms with Gasteiger partial charge in [0, 0.05) is 23.6 Å². The number of benzene rings is 2. The van der Waals surface area contributed by atoms with E-state index in [9.17, 15) is 12.8 Å². The monoisotopic (exact) mass is 485 g/mol. The van der Waals surface area contributed by atoms with Crippen LogP contribution in [0, 0.1) is 12.7 Å². The molecule has 0 radical (unpaired) electrons. The largest absolute Gasteiger partial charge is 0.496 e. The van der Waals surface area contributed by atoms with E-state index in [2.05, 4.69) is 14.6 Å². The molecule has 34 heavy (non-hydrogen) atoms. The zero-order valence-corrected chi connectivity index (χ0v) is 20.2. The molecule has 9 heteroatoms. The summed E-state index contributed by atoms with van der Waals surface area (Å²) in [5.41, 5.74) is 2.74. The number of pyridine rings is 1. The van der Waals surface area contributed by atoms with Crippen molar-refractivity contribution < 1.29 is 22.4 Å². The zero-order valence-electron chi connectivity index (χ0n) is 19.4. The third kappa shape index (κ3) is 5.55. The van der Waals surface area contributed by atoms with E-state index >= 15 is 0 Å². The Labute approximate surface area is 200 Å². The molecule has 1 aliphatic rings. The highest BCUT2D eigenvalue weighted by Crippen LogP contribution is 2.21. The molecule has 0 amide bonds. The molecule has 2 N–H and O–H groups in total. The maximum Gasteiger partial charge on any atom is 0.240 e. The van der Waals surface area contributed by atoms with Gasteiger partial charge in [0.1, 0.15) is 17.6 Å². The van der Waals surface area contributed by atoms with E-state index in [1.807, 2.05) is 19.1 Å². The molecule has 7 nitrogen and oxygen atoms in total. The predicted molar refractivity (Wildman–Crippen MR) is 129 cm³/mol. The number of hydrogen-bond acceptors (Lipinski definition) is 5. The molecule has 4 rings (SSSR count).